The third-order valence-electron chi connectivity index (χ3n) is 3.57. The van der Waals surface area contributed by atoms with E-state index in [2.05, 4.69) is 15.5 Å². The summed E-state index contributed by atoms with van der Waals surface area (Å²) in [6.45, 7) is 0. The average Bonchev–Trinajstić information content (AvgIpc) is 3.18. The highest BCUT2D eigenvalue weighted by Gasteiger charge is 2.19. The molecule has 0 radical (unpaired) electrons. The molecular weight excluding hydrogens is 338 g/mol. The number of anilines is 1. The summed E-state index contributed by atoms with van der Waals surface area (Å²) in [5, 5.41) is 6.39. The maximum absolute atomic E-state index is 12.4. The molecule has 3 aromatic rings. The highest BCUT2D eigenvalue weighted by atomic mass is 16.5. The monoisotopic (exact) mass is 353 g/mol. The number of amides is 1. The number of aromatic nitrogens is 2. The molecule has 0 aliphatic heterocycles. The van der Waals surface area contributed by atoms with E-state index in [1.54, 1.807) is 36.7 Å². The van der Waals surface area contributed by atoms with Gasteiger partial charge in [0.05, 0.1) is 25.5 Å². The number of hydrogen-bond donors (Lipinski definition) is 1. The standard InChI is InChI=1S/C18H15N3O5/c1-24-12-5-6-14(13(8-12)18(23)25-2)20-17(22)15-9-16(26-21-15)11-4-3-7-19-10-11/h3-10H,1-2H3,(H,20,22). The quantitative estimate of drug-likeness (QED) is 0.703. The molecule has 2 heterocycles. The van der Waals surface area contributed by atoms with Gasteiger partial charge in [0.15, 0.2) is 11.5 Å². The smallest absolute Gasteiger partial charge is 0.340 e. The summed E-state index contributed by atoms with van der Waals surface area (Å²) < 4.78 is 15.0. The SMILES string of the molecule is COC(=O)c1cc(OC)ccc1NC(=O)c1cc(-c2cccnc2)on1. The van der Waals surface area contributed by atoms with Crippen molar-refractivity contribution in [3.8, 4) is 17.1 Å². The van der Waals surface area contributed by atoms with E-state index in [-0.39, 0.29) is 16.9 Å². The Labute approximate surface area is 148 Å². The molecule has 2 aromatic heterocycles. The molecule has 0 aliphatic rings. The zero-order valence-corrected chi connectivity index (χ0v) is 14.1. The molecule has 0 saturated heterocycles. The lowest BCUT2D eigenvalue weighted by Crippen LogP contribution is -2.15. The van der Waals surface area contributed by atoms with Gasteiger partial charge in [-0.2, -0.15) is 0 Å². The van der Waals surface area contributed by atoms with Gasteiger partial charge in [-0.3, -0.25) is 9.78 Å². The van der Waals surface area contributed by atoms with Gasteiger partial charge in [0.2, 0.25) is 0 Å². The predicted molar refractivity (Wildman–Crippen MR) is 92.0 cm³/mol. The van der Waals surface area contributed by atoms with Crippen LogP contribution in [0.5, 0.6) is 5.75 Å². The Balaban J connectivity index is 1.84. The van der Waals surface area contributed by atoms with Crippen LogP contribution < -0.4 is 10.1 Å². The van der Waals surface area contributed by atoms with Crippen LogP contribution in [0.25, 0.3) is 11.3 Å². The Hall–Kier alpha value is -3.68. The van der Waals surface area contributed by atoms with Gasteiger partial charge in [0, 0.05) is 24.0 Å². The normalized spacial score (nSPS) is 10.2. The first kappa shape index (κ1) is 17.2. The van der Waals surface area contributed by atoms with Crippen molar-refractivity contribution in [1.29, 1.82) is 0 Å². The number of benzene rings is 1. The van der Waals surface area contributed by atoms with Crippen LogP contribution >= 0.6 is 0 Å². The van der Waals surface area contributed by atoms with Gasteiger partial charge in [-0.25, -0.2) is 4.79 Å². The number of pyridine rings is 1. The van der Waals surface area contributed by atoms with Crippen molar-refractivity contribution in [2.24, 2.45) is 0 Å². The average molecular weight is 353 g/mol. The fourth-order valence-electron chi connectivity index (χ4n) is 2.25. The van der Waals surface area contributed by atoms with Crippen molar-refractivity contribution < 1.29 is 23.6 Å². The summed E-state index contributed by atoms with van der Waals surface area (Å²) in [5.41, 5.74) is 1.19. The lowest BCUT2D eigenvalue weighted by molar-refractivity contribution is 0.0601. The Morgan fingerprint density at radius 2 is 2.00 bits per heavy atom. The van der Waals surface area contributed by atoms with Crippen LogP contribution in [0, 0.1) is 0 Å². The van der Waals surface area contributed by atoms with E-state index >= 15 is 0 Å². The molecule has 132 valence electrons. The van der Waals surface area contributed by atoms with Gasteiger partial charge in [-0.1, -0.05) is 5.16 Å². The molecule has 0 aliphatic carbocycles. The first-order valence-corrected chi connectivity index (χ1v) is 7.57. The summed E-state index contributed by atoms with van der Waals surface area (Å²) in [4.78, 5) is 28.4. The van der Waals surface area contributed by atoms with Crippen LogP contribution in [-0.2, 0) is 4.74 Å². The van der Waals surface area contributed by atoms with Gasteiger partial charge in [0.25, 0.3) is 5.91 Å². The van der Waals surface area contributed by atoms with Gasteiger partial charge >= 0.3 is 5.97 Å². The molecule has 0 unspecified atom stereocenters. The second-order valence-electron chi connectivity index (χ2n) is 5.18. The molecule has 0 bridgehead atoms. The number of nitrogens with zero attached hydrogens (tertiary/aromatic N) is 2. The minimum absolute atomic E-state index is 0.0653. The van der Waals surface area contributed by atoms with Crippen molar-refractivity contribution >= 4 is 17.6 Å². The van der Waals surface area contributed by atoms with Crippen LogP contribution in [0.2, 0.25) is 0 Å². The zero-order chi connectivity index (χ0) is 18.5. The van der Waals surface area contributed by atoms with Crippen molar-refractivity contribution in [3.05, 3.63) is 60.0 Å². The van der Waals surface area contributed by atoms with Crippen LogP contribution in [0.4, 0.5) is 5.69 Å². The van der Waals surface area contributed by atoms with E-state index in [0.717, 1.165) is 0 Å². The number of nitrogens with one attached hydrogen (secondary N) is 1. The zero-order valence-electron chi connectivity index (χ0n) is 14.1. The van der Waals surface area contributed by atoms with Crippen LogP contribution in [0.1, 0.15) is 20.8 Å². The number of esters is 1. The van der Waals surface area contributed by atoms with E-state index in [4.69, 9.17) is 14.0 Å². The molecule has 1 N–H and O–H groups in total. The largest absolute Gasteiger partial charge is 0.497 e. The first-order chi connectivity index (χ1) is 12.6. The molecule has 8 heteroatoms. The van der Waals surface area contributed by atoms with Gasteiger partial charge < -0.3 is 19.3 Å². The lowest BCUT2D eigenvalue weighted by Gasteiger charge is -2.10. The van der Waals surface area contributed by atoms with Crippen LogP contribution in [0.3, 0.4) is 0 Å². The number of carbonyl (C=O) groups is 2. The molecule has 1 amide bonds. The molecule has 0 atom stereocenters. The fraction of sp³-hybridized carbons (Fsp3) is 0.111. The van der Waals surface area contributed by atoms with Crippen LogP contribution in [0.15, 0.2) is 53.3 Å². The van der Waals surface area contributed by atoms with Crippen molar-refractivity contribution in [1.82, 2.24) is 10.1 Å². The highest BCUT2D eigenvalue weighted by molar-refractivity contribution is 6.07. The van der Waals surface area contributed by atoms with E-state index in [1.165, 1.54) is 26.4 Å². The van der Waals surface area contributed by atoms with Gasteiger partial charge in [-0.05, 0) is 30.3 Å². The molecule has 0 fully saturated rings. The Morgan fingerprint density at radius 1 is 1.15 bits per heavy atom. The predicted octanol–water partition coefficient (Wildman–Crippen LogP) is 2.78. The minimum atomic E-state index is -0.601. The number of ether oxygens (including phenoxy) is 2. The molecule has 3 rings (SSSR count). The molecule has 0 saturated carbocycles. The second-order valence-corrected chi connectivity index (χ2v) is 5.18. The van der Waals surface area contributed by atoms with E-state index < -0.39 is 11.9 Å². The van der Waals surface area contributed by atoms with Gasteiger partial charge in [-0.15, -0.1) is 0 Å². The molecule has 8 nitrogen and oxygen atoms in total. The fourth-order valence-corrected chi connectivity index (χ4v) is 2.25. The number of carbonyl (C=O) groups excluding carboxylic acids is 2. The van der Waals surface area contributed by atoms with Crippen molar-refractivity contribution in [2.45, 2.75) is 0 Å². The second kappa shape index (κ2) is 7.47. The summed E-state index contributed by atoms with van der Waals surface area (Å²) >= 11 is 0. The third-order valence-corrected chi connectivity index (χ3v) is 3.57. The van der Waals surface area contributed by atoms with Crippen molar-refractivity contribution in [3.63, 3.8) is 0 Å². The Bertz CT molecular complexity index is 937. The highest BCUT2D eigenvalue weighted by Crippen LogP contribution is 2.24. The third kappa shape index (κ3) is 3.54. The molecular formula is C18H15N3O5. The Kier molecular flexibility index (Phi) is 4.93. The van der Waals surface area contributed by atoms with E-state index in [1.807, 2.05) is 0 Å². The number of rotatable bonds is 5. The molecule has 26 heavy (non-hydrogen) atoms. The van der Waals surface area contributed by atoms with Gasteiger partial charge in [0.1, 0.15) is 5.75 Å². The number of methoxy groups -OCH3 is 2. The maximum atomic E-state index is 12.4. The summed E-state index contributed by atoms with van der Waals surface area (Å²) in [5.74, 6) is -0.260. The Morgan fingerprint density at radius 3 is 2.69 bits per heavy atom. The van der Waals surface area contributed by atoms with E-state index in [0.29, 0.717) is 17.1 Å². The summed E-state index contributed by atoms with van der Waals surface area (Å²) in [7, 11) is 2.73. The minimum Gasteiger partial charge on any atom is -0.497 e. The molecule has 0 spiro atoms. The maximum Gasteiger partial charge on any atom is 0.340 e. The summed E-state index contributed by atoms with van der Waals surface area (Å²) in [6.07, 6.45) is 3.23. The molecule has 1 aromatic carbocycles. The summed E-state index contributed by atoms with van der Waals surface area (Å²) in [6, 6.07) is 9.67. The van der Waals surface area contributed by atoms with Crippen LogP contribution in [-0.4, -0.2) is 36.2 Å². The van der Waals surface area contributed by atoms with Crippen molar-refractivity contribution in [2.75, 3.05) is 19.5 Å². The first-order valence-electron chi connectivity index (χ1n) is 7.57. The number of hydrogen-bond acceptors (Lipinski definition) is 7. The van der Waals surface area contributed by atoms with E-state index in [9.17, 15) is 9.59 Å². The topological polar surface area (TPSA) is 104 Å². The lowest BCUT2D eigenvalue weighted by atomic mass is 10.1.